The molecule has 4 rings (SSSR count). The average Bonchev–Trinajstić information content (AvgIpc) is 2.94. The number of hydrogen-bond acceptors (Lipinski definition) is 4. The molecule has 0 saturated heterocycles. The Balaban J connectivity index is 1.70. The number of ketones is 1. The zero-order valence-electron chi connectivity index (χ0n) is 15.6. The SMILES string of the molecule is CC(=O)O[C@H]1CC[C@@]2(C)C(=CC(=O)[C@@H]3[C@H]4CCC[C@@]4(C)CC[C@H]32)[C@@H]1O. The van der Waals surface area contributed by atoms with Gasteiger partial charge in [-0.3, -0.25) is 9.59 Å². The molecule has 4 aliphatic carbocycles. The van der Waals surface area contributed by atoms with Crippen LogP contribution in [0.5, 0.6) is 0 Å². The molecule has 0 radical (unpaired) electrons. The smallest absolute Gasteiger partial charge is 0.303 e. The first-order chi connectivity index (χ1) is 11.8. The fraction of sp³-hybridized carbons (Fsp3) is 0.810. The molecule has 0 spiro atoms. The molecule has 3 saturated carbocycles. The van der Waals surface area contributed by atoms with E-state index >= 15 is 0 Å². The predicted octanol–water partition coefficient (Wildman–Crippen LogP) is 3.42. The van der Waals surface area contributed by atoms with E-state index in [4.69, 9.17) is 4.74 Å². The highest BCUT2D eigenvalue weighted by atomic mass is 16.6. The van der Waals surface area contributed by atoms with Gasteiger partial charge in [0, 0.05) is 12.8 Å². The number of allylic oxidation sites excluding steroid dienone is 1. The quantitative estimate of drug-likeness (QED) is 0.739. The zero-order valence-corrected chi connectivity index (χ0v) is 15.6. The summed E-state index contributed by atoms with van der Waals surface area (Å²) in [6.07, 6.45) is 7.85. The first kappa shape index (κ1) is 17.3. The van der Waals surface area contributed by atoms with E-state index in [1.807, 2.05) is 0 Å². The van der Waals surface area contributed by atoms with Crippen LogP contribution in [0, 0.1) is 28.6 Å². The maximum atomic E-state index is 13.1. The van der Waals surface area contributed by atoms with Crippen LogP contribution in [0.1, 0.15) is 65.7 Å². The van der Waals surface area contributed by atoms with E-state index < -0.39 is 12.2 Å². The van der Waals surface area contributed by atoms with Gasteiger partial charge in [-0.15, -0.1) is 0 Å². The number of hydrogen-bond donors (Lipinski definition) is 1. The van der Waals surface area contributed by atoms with Gasteiger partial charge < -0.3 is 9.84 Å². The Morgan fingerprint density at radius 1 is 1.16 bits per heavy atom. The lowest BCUT2D eigenvalue weighted by molar-refractivity contribution is -0.157. The minimum Gasteiger partial charge on any atom is -0.459 e. The van der Waals surface area contributed by atoms with Crippen LogP contribution in [0.3, 0.4) is 0 Å². The van der Waals surface area contributed by atoms with Gasteiger partial charge >= 0.3 is 5.97 Å². The molecular formula is C21H30O4. The number of fused-ring (bicyclic) bond motifs is 5. The molecule has 0 amide bonds. The summed E-state index contributed by atoms with van der Waals surface area (Å²) in [5.41, 5.74) is 1.00. The van der Waals surface area contributed by atoms with Gasteiger partial charge in [-0.05, 0) is 72.8 Å². The Bertz CT molecular complexity index is 638. The summed E-state index contributed by atoms with van der Waals surface area (Å²) >= 11 is 0. The third kappa shape index (κ3) is 2.43. The summed E-state index contributed by atoms with van der Waals surface area (Å²) < 4.78 is 5.31. The summed E-state index contributed by atoms with van der Waals surface area (Å²) in [5, 5.41) is 10.8. The molecular weight excluding hydrogens is 316 g/mol. The molecule has 138 valence electrons. The second-order valence-electron chi connectivity index (χ2n) is 9.37. The lowest BCUT2D eigenvalue weighted by Gasteiger charge is -2.57. The van der Waals surface area contributed by atoms with Gasteiger partial charge in [-0.1, -0.05) is 20.3 Å². The Morgan fingerprint density at radius 2 is 1.92 bits per heavy atom. The van der Waals surface area contributed by atoms with E-state index in [0.29, 0.717) is 23.7 Å². The van der Waals surface area contributed by atoms with E-state index in [-0.39, 0.29) is 23.1 Å². The average molecular weight is 346 g/mol. The summed E-state index contributed by atoms with van der Waals surface area (Å²) in [5.74, 6) is 0.777. The van der Waals surface area contributed by atoms with Gasteiger partial charge in [0.25, 0.3) is 0 Å². The minimum absolute atomic E-state index is 0.118. The van der Waals surface area contributed by atoms with Crippen LogP contribution in [0.15, 0.2) is 11.6 Å². The van der Waals surface area contributed by atoms with Crippen LogP contribution in [-0.2, 0) is 14.3 Å². The van der Waals surface area contributed by atoms with Crippen molar-refractivity contribution in [3.8, 4) is 0 Å². The van der Waals surface area contributed by atoms with Crippen molar-refractivity contribution in [2.45, 2.75) is 77.9 Å². The Hall–Kier alpha value is -1.16. The predicted molar refractivity (Wildman–Crippen MR) is 93.7 cm³/mol. The second-order valence-corrected chi connectivity index (χ2v) is 9.37. The number of carbonyl (C=O) groups excluding carboxylic acids is 2. The Morgan fingerprint density at radius 3 is 2.64 bits per heavy atom. The van der Waals surface area contributed by atoms with E-state index in [2.05, 4.69) is 13.8 Å². The molecule has 0 aromatic heterocycles. The first-order valence-electron chi connectivity index (χ1n) is 9.87. The summed E-state index contributed by atoms with van der Waals surface area (Å²) in [6, 6.07) is 0. The second kappa shape index (κ2) is 5.67. The molecule has 4 heteroatoms. The monoisotopic (exact) mass is 346 g/mol. The normalized spacial score (nSPS) is 48.9. The van der Waals surface area contributed by atoms with E-state index in [1.165, 1.54) is 32.6 Å². The van der Waals surface area contributed by atoms with Crippen LogP contribution >= 0.6 is 0 Å². The van der Waals surface area contributed by atoms with Gasteiger partial charge in [-0.2, -0.15) is 0 Å². The van der Waals surface area contributed by atoms with Crippen molar-refractivity contribution in [2.75, 3.05) is 0 Å². The lowest BCUT2D eigenvalue weighted by atomic mass is 9.47. The molecule has 3 fully saturated rings. The summed E-state index contributed by atoms with van der Waals surface area (Å²) in [6.45, 7) is 5.98. The summed E-state index contributed by atoms with van der Waals surface area (Å²) in [7, 11) is 0. The number of esters is 1. The van der Waals surface area contributed by atoms with Crippen molar-refractivity contribution >= 4 is 11.8 Å². The van der Waals surface area contributed by atoms with Crippen molar-refractivity contribution < 1.29 is 19.4 Å². The number of ether oxygens (including phenoxy) is 1. The van der Waals surface area contributed by atoms with Crippen molar-refractivity contribution in [1.82, 2.24) is 0 Å². The maximum Gasteiger partial charge on any atom is 0.303 e. The number of aliphatic hydroxyl groups excluding tert-OH is 1. The topological polar surface area (TPSA) is 63.6 Å². The van der Waals surface area contributed by atoms with Crippen molar-refractivity contribution in [2.24, 2.45) is 28.6 Å². The lowest BCUT2D eigenvalue weighted by Crippen LogP contribution is -2.56. The molecule has 0 unspecified atom stereocenters. The van der Waals surface area contributed by atoms with Crippen molar-refractivity contribution in [1.29, 1.82) is 0 Å². The van der Waals surface area contributed by atoms with Gasteiger partial charge in [0.05, 0.1) is 0 Å². The highest BCUT2D eigenvalue weighted by Crippen LogP contribution is 2.64. The van der Waals surface area contributed by atoms with Crippen LogP contribution in [0.25, 0.3) is 0 Å². The van der Waals surface area contributed by atoms with Crippen LogP contribution in [-0.4, -0.2) is 29.1 Å². The highest BCUT2D eigenvalue weighted by Gasteiger charge is 2.60. The van der Waals surface area contributed by atoms with Crippen LogP contribution in [0.4, 0.5) is 0 Å². The van der Waals surface area contributed by atoms with E-state index in [9.17, 15) is 14.7 Å². The fourth-order valence-electron chi connectivity index (χ4n) is 6.76. The molecule has 25 heavy (non-hydrogen) atoms. The highest BCUT2D eigenvalue weighted by molar-refractivity contribution is 5.94. The van der Waals surface area contributed by atoms with Crippen LogP contribution < -0.4 is 0 Å². The Labute approximate surface area is 150 Å². The standard InChI is InChI=1S/C21H30O4/c1-12(22)25-17-7-10-21(3)14-6-9-20(2)8-4-5-13(20)18(14)16(23)11-15(21)19(17)24/h11,13-14,17-19,24H,4-10H2,1-3H3/t13-,14-,17+,18-,19+,20+,21-/m1/s1. The maximum absolute atomic E-state index is 13.1. The minimum atomic E-state index is -0.843. The molecule has 1 N–H and O–H groups in total. The molecule has 4 aliphatic rings. The van der Waals surface area contributed by atoms with Crippen LogP contribution in [0.2, 0.25) is 0 Å². The molecule has 0 heterocycles. The molecule has 0 aromatic carbocycles. The van der Waals surface area contributed by atoms with Gasteiger partial charge in [0.2, 0.25) is 0 Å². The molecule has 4 nitrogen and oxygen atoms in total. The third-order valence-electron chi connectivity index (χ3n) is 8.09. The van der Waals surface area contributed by atoms with E-state index in [0.717, 1.165) is 18.4 Å². The largest absolute Gasteiger partial charge is 0.459 e. The number of carbonyl (C=O) groups is 2. The molecule has 0 aliphatic heterocycles. The molecule has 7 atom stereocenters. The van der Waals surface area contributed by atoms with Crippen molar-refractivity contribution in [3.63, 3.8) is 0 Å². The fourth-order valence-corrected chi connectivity index (χ4v) is 6.76. The number of rotatable bonds is 1. The first-order valence-corrected chi connectivity index (χ1v) is 9.87. The summed E-state index contributed by atoms with van der Waals surface area (Å²) in [4.78, 5) is 24.4. The number of aliphatic hydroxyl groups is 1. The molecule has 0 bridgehead atoms. The molecule has 0 aromatic rings. The van der Waals surface area contributed by atoms with Crippen molar-refractivity contribution in [3.05, 3.63) is 11.6 Å². The zero-order chi connectivity index (χ0) is 18.0. The third-order valence-corrected chi connectivity index (χ3v) is 8.09. The van der Waals surface area contributed by atoms with Gasteiger partial charge in [-0.25, -0.2) is 0 Å². The van der Waals surface area contributed by atoms with Gasteiger partial charge in [0.15, 0.2) is 5.78 Å². The van der Waals surface area contributed by atoms with E-state index in [1.54, 1.807) is 6.08 Å². The Kier molecular flexibility index (Phi) is 3.91. The van der Waals surface area contributed by atoms with Gasteiger partial charge in [0.1, 0.15) is 12.2 Å².